The lowest BCUT2D eigenvalue weighted by Crippen LogP contribution is -2.47. The van der Waals surface area contributed by atoms with Gasteiger partial charge in [-0.25, -0.2) is 0 Å². The van der Waals surface area contributed by atoms with Crippen molar-refractivity contribution < 1.29 is 9.59 Å². The van der Waals surface area contributed by atoms with E-state index in [2.05, 4.69) is 31.0 Å². The molecule has 3 fully saturated rings. The maximum Gasteiger partial charge on any atom is 0.245 e. The molecule has 0 aromatic rings. The van der Waals surface area contributed by atoms with Crippen molar-refractivity contribution in [3.8, 4) is 0 Å². The van der Waals surface area contributed by atoms with Crippen LogP contribution in [0.25, 0.3) is 0 Å². The fourth-order valence-corrected chi connectivity index (χ4v) is 4.72. The van der Waals surface area contributed by atoms with Gasteiger partial charge in [0.2, 0.25) is 11.8 Å². The van der Waals surface area contributed by atoms with Crippen molar-refractivity contribution in [2.24, 2.45) is 10.8 Å². The summed E-state index contributed by atoms with van der Waals surface area (Å²) in [5.74, 6) is 0.171. The summed E-state index contributed by atoms with van der Waals surface area (Å²) in [5, 5.41) is 2.81. The Kier molecular flexibility index (Phi) is 2.70. The molecule has 0 radical (unpaired) electrons. The second kappa shape index (κ2) is 3.97. The molecule has 3 unspecified atom stereocenters. The first-order valence-electron chi connectivity index (χ1n) is 7.38. The van der Waals surface area contributed by atoms with Crippen LogP contribution in [0.4, 0.5) is 0 Å². The summed E-state index contributed by atoms with van der Waals surface area (Å²) < 4.78 is 0. The first-order chi connectivity index (χ1) is 8.78. The highest BCUT2D eigenvalue weighted by molar-refractivity contribution is 5.91. The third-order valence-electron chi connectivity index (χ3n) is 4.99. The zero-order valence-electron chi connectivity index (χ0n) is 12.2. The van der Waals surface area contributed by atoms with E-state index in [0.717, 1.165) is 19.4 Å². The number of carbonyl (C=O) groups is 2. The number of likely N-dealkylation sites (tertiary alicyclic amines) is 1. The Morgan fingerprint density at radius 1 is 1.32 bits per heavy atom. The Balaban J connectivity index is 1.76. The van der Waals surface area contributed by atoms with Gasteiger partial charge in [0.1, 0.15) is 6.04 Å². The number of hydrogen-bond acceptors (Lipinski definition) is 2. The molecule has 0 aromatic carbocycles. The Morgan fingerprint density at radius 2 is 2.05 bits per heavy atom. The molecular weight excluding hydrogens is 240 g/mol. The van der Waals surface area contributed by atoms with Crippen molar-refractivity contribution >= 4 is 11.8 Å². The fourth-order valence-electron chi connectivity index (χ4n) is 4.72. The summed E-state index contributed by atoms with van der Waals surface area (Å²) in [6.45, 7) is 7.79. The number of amides is 2. The Morgan fingerprint density at radius 3 is 2.68 bits per heavy atom. The van der Waals surface area contributed by atoms with Gasteiger partial charge in [-0.2, -0.15) is 0 Å². The summed E-state index contributed by atoms with van der Waals surface area (Å²) in [5.41, 5.74) is 0.594. The lowest BCUT2D eigenvalue weighted by Gasteiger charge is -2.39. The standard InChI is InChI=1S/C15H24N2O2/c1-14(2)6-10-7-15(3,8-14)9-17(10)13(19)11-4-5-12(18)16-11/h10-11H,4-9H2,1-3H3,(H,16,18). The highest BCUT2D eigenvalue weighted by atomic mass is 16.2. The van der Waals surface area contributed by atoms with Crippen LogP contribution < -0.4 is 5.32 Å². The van der Waals surface area contributed by atoms with E-state index in [-0.39, 0.29) is 23.3 Å². The number of hydrogen-bond donors (Lipinski definition) is 1. The van der Waals surface area contributed by atoms with Gasteiger partial charge in [0, 0.05) is 19.0 Å². The predicted octanol–water partition coefficient (Wildman–Crippen LogP) is 1.69. The van der Waals surface area contributed by atoms with E-state index < -0.39 is 0 Å². The third-order valence-corrected chi connectivity index (χ3v) is 4.99. The van der Waals surface area contributed by atoms with Crippen LogP contribution >= 0.6 is 0 Å². The molecule has 3 aliphatic rings. The molecule has 0 spiro atoms. The molecule has 2 saturated heterocycles. The van der Waals surface area contributed by atoms with Crippen molar-refractivity contribution in [2.75, 3.05) is 6.54 Å². The van der Waals surface area contributed by atoms with Crippen LogP contribution in [0.3, 0.4) is 0 Å². The molecule has 2 heterocycles. The maximum absolute atomic E-state index is 12.6. The van der Waals surface area contributed by atoms with Gasteiger partial charge in [0.05, 0.1) is 0 Å². The summed E-state index contributed by atoms with van der Waals surface area (Å²) in [4.78, 5) is 25.9. The number of rotatable bonds is 1. The van der Waals surface area contributed by atoms with Crippen LogP contribution in [0.2, 0.25) is 0 Å². The minimum atomic E-state index is -0.265. The molecule has 1 saturated carbocycles. The number of carbonyl (C=O) groups excluding carboxylic acids is 2. The topological polar surface area (TPSA) is 49.4 Å². The Hall–Kier alpha value is -1.06. The molecule has 106 valence electrons. The monoisotopic (exact) mass is 264 g/mol. The van der Waals surface area contributed by atoms with Crippen LogP contribution in [-0.4, -0.2) is 35.3 Å². The summed E-state index contributed by atoms with van der Waals surface area (Å²) in [6.07, 6.45) is 4.58. The van der Waals surface area contributed by atoms with Crippen molar-refractivity contribution in [2.45, 2.75) is 65.0 Å². The minimum Gasteiger partial charge on any atom is -0.344 e. The van der Waals surface area contributed by atoms with Crippen LogP contribution in [0, 0.1) is 10.8 Å². The Bertz CT molecular complexity index is 432. The highest BCUT2D eigenvalue weighted by Gasteiger charge is 2.52. The zero-order valence-corrected chi connectivity index (χ0v) is 12.2. The summed E-state index contributed by atoms with van der Waals surface area (Å²) in [6, 6.07) is 0.109. The largest absolute Gasteiger partial charge is 0.344 e. The quantitative estimate of drug-likeness (QED) is 0.783. The van der Waals surface area contributed by atoms with Crippen LogP contribution in [0.5, 0.6) is 0 Å². The molecule has 4 nitrogen and oxygen atoms in total. The normalized spacial score (nSPS) is 40.4. The van der Waals surface area contributed by atoms with Crippen molar-refractivity contribution in [1.29, 1.82) is 0 Å². The second-order valence-electron chi connectivity index (χ2n) is 7.84. The molecule has 1 N–H and O–H groups in total. The number of nitrogens with zero attached hydrogens (tertiary/aromatic N) is 1. The van der Waals surface area contributed by atoms with Gasteiger partial charge in [-0.05, 0) is 36.5 Å². The van der Waals surface area contributed by atoms with Crippen molar-refractivity contribution in [3.05, 3.63) is 0 Å². The molecule has 4 heteroatoms. The van der Waals surface area contributed by atoms with Gasteiger partial charge in [-0.1, -0.05) is 20.8 Å². The van der Waals surface area contributed by atoms with Crippen molar-refractivity contribution in [3.63, 3.8) is 0 Å². The van der Waals surface area contributed by atoms with Gasteiger partial charge < -0.3 is 10.2 Å². The lowest BCUT2D eigenvalue weighted by atomic mass is 9.65. The average Bonchev–Trinajstić information content (AvgIpc) is 2.78. The first-order valence-corrected chi connectivity index (χ1v) is 7.38. The first kappa shape index (κ1) is 12.9. The SMILES string of the molecule is CC1(C)CC2CC(C)(CN2C(=O)C2CCC(=O)N2)C1. The molecule has 0 aromatic heterocycles. The molecular formula is C15H24N2O2. The number of nitrogens with one attached hydrogen (secondary N) is 1. The summed E-state index contributed by atoms with van der Waals surface area (Å²) in [7, 11) is 0. The van der Waals surface area contributed by atoms with Gasteiger partial charge in [-0.3, -0.25) is 9.59 Å². The minimum absolute atomic E-state index is 0.0204. The van der Waals surface area contributed by atoms with E-state index in [0.29, 0.717) is 24.3 Å². The second-order valence-corrected chi connectivity index (χ2v) is 7.84. The van der Waals surface area contributed by atoms with Crippen LogP contribution in [-0.2, 0) is 9.59 Å². The van der Waals surface area contributed by atoms with Crippen LogP contribution in [0.15, 0.2) is 0 Å². The number of fused-ring (bicyclic) bond motifs is 2. The van der Waals surface area contributed by atoms with E-state index in [1.807, 2.05) is 0 Å². The van der Waals surface area contributed by atoms with E-state index in [1.54, 1.807) is 0 Å². The van der Waals surface area contributed by atoms with E-state index in [1.165, 1.54) is 6.42 Å². The Labute approximate surface area is 114 Å². The van der Waals surface area contributed by atoms with Crippen LogP contribution in [0.1, 0.15) is 52.9 Å². The van der Waals surface area contributed by atoms with Gasteiger partial charge >= 0.3 is 0 Å². The molecule has 3 rings (SSSR count). The third kappa shape index (κ3) is 2.26. The van der Waals surface area contributed by atoms with Crippen molar-refractivity contribution in [1.82, 2.24) is 10.2 Å². The predicted molar refractivity (Wildman–Crippen MR) is 72.4 cm³/mol. The molecule has 2 aliphatic heterocycles. The average molecular weight is 264 g/mol. The highest BCUT2D eigenvalue weighted by Crippen LogP contribution is 2.52. The molecule has 2 bridgehead atoms. The van der Waals surface area contributed by atoms with E-state index in [9.17, 15) is 9.59 Å². The smallest absolute Gasteiger partial charge is 0.245 e. The molecule has 1 aliphatic carbocycles. The zero-order chi connectivity index (χ0) is 13.8. The van der Waals surface area contributed by atoms with E-state index >= 15 is 0 Å². The maximum atomic E-state index is 12.6. The van der Waals surface area contributed by atoms with Gasteiger partial charge in [0.25, 0.3) is 0 Å². The summed E-state index contributed by atoms with van der Waals surface area (Å²) >= 11 is 0. The molecule has 19 heavy (non-hydrogen) atoms. The lowest BCUT2D eigenvalue weighted by molar-refractivity contribution is -0.135. The molecule has 2 amide bonds. The molecule has 3 atom stereocenters. The van der Waals surface area contributed by atoms with Gasteiger partial charge in [-0.15, -0.1) is 0 Å². The van der Waals surface area contributed by atoms with Gasteiger partial charge in [0.15, 0.2) is 0 Å². The van der Waals surface area contributed by atoms with E-state index in [4.69, 9.17) is 0 Å². The fraction of sp³-hybridized carbons (Fsp3) is 0.867.